The van der Waals surface area contributed by atoms with Gasteiger partial charge in [-0.25, -0.2) is 0 Å². The Morgan fingerprint density at radius 3 is 2.52 bits per heavy atom. The molecule has 2 rings (SSSR count). The summed E-state index contributed by atoms with van der Waals surface area (Å²) >= 11 is 13.7. The van der Waals surface area contributed by atoms with E-state index >= 15 is 0 Å². The van der Waals surface area contributed by atoms with E-state index in [-0.39, 0.29) is 5.91 Å². The second-order valence-corrected chi connectivity index (χ2v) is 6.53. The predicted octanol–water partition coefficient (Wildman–Crippen LogP) is 5.29. The van der Waals surface area contributed by atoms with Crippen LogP contribution in [-0.4, -0.2) is 11.7 Å². The van der Waals surface area contributed by atoms with Crippen LogP contribution in [0.5, 0.6) is 0 Å². The Labute approximate surface area is 138 Å². The lowest BCUT2D eigenvalue weighted by molar-refractivity contribution is -0.115. The first-order chi connectivity index (χ1) is 10.1. The Kier molecular flexibility index (Phi) is 5.97. The standard InChI is InChI=1S/C16H15Cl2NOS/c1-2-21-12-8-6-11(7-9-12)10-15(20)19-14-5-3-4-13(17)16(14)18/h3-9H,2,10H2,1H3,(H,19,20). The quantitative estimate of drug-likeness (QED) is 0.750. The molecule has 0 aliphatic carbocycles. The van der Waals surface area contributed by atoms with Crippen molar-refractivity contribution >= 4 is 46.6 Å². The molecule has 2 aromatic carbocycles. The van der Waals surface area contributed by atoms with Crippen molar-refractivity contribution in [1.29, 1.82) is 0 Å². The summed E-state index contributed by atoms with van der Waals surface area (Å²) in [6.45, 7) is 2.11. The Bertz CT molecular complexity index is 629. The van der Waals surface area contributed by atoms with Crippen molar-refractivity contribution in [2.24, 2.45) is 0 Å². The third-order valence-electron chi connectivity index (χ3n) is 2.82. The first-order valence-corrected chi connectivity index (χ1v) is 8.30. The van der Waals surface area contributed by atoms with Crippen molar-refractivity contribution in [3.05, 3.63) is 58.1 Å². The summed E-state index contributed by atoms with van der Waals surface area (Å²) in [4.78, 5) is 13.2. The van der Waals surface area contributed by atoms with Gasteiger partial charge < -0.3 is 5.32 Å². The largest absolute Gasteiger partial charge is 0.324 e. The van der Waals surface area contributed by atoms with Gasteiger partial charge in [-0.3, -0.25) is 4.79 Å². The van der Waals surface area contributed by atoms with Crippen LogP contribution in [0.3, 0.4) is 0 Å². The molecule has 0 saturated heterocycles. The summed E-state index contributed by atoms with van der Waals surface area (Å²) in [7, 11) is 0. The highest BCUT2D eigenvalue weighted by Gasteiger charge is 2.09. The average Bonchev–Trinajstić information content (AvgIpc) is 2.46. The number of thioether (sulfide) groups is 1. The lowest BCUT2D eigenvalue weighted by atomic mass is 10.1. The molecule has 2 aromatic rings. The Balaban J connectivity index is 1.99. The Hall–Kier alpha value is -1.16. The summed E-state index contributed by atoms with van der Waals surface area (Å²) in [6, 6.07) is 13.2. The third-order valence-corrected chi connectivity index (χ3v) is 4.54. The van der Waals surface area contributed by atoms with Gasteiger partial charge in [-0.2, -0.15) is 0 Å². The maximum absolute atomic E-state index is 12.0. The number of benzene rings is 2. The van der Waals surface area contributed by atoms with Crippen LogP contribution >= 0.6 is 35.0 Å². The number of carbonyl (C=O) groups excluding carboxylic acids is 1. The van der Waals surface area contributed by atoms with E-state index in [1.807, 2.05) is 24.3 Å². The molecular weight excluding hydrogens is 325 g/mol. The summed E-state index contributed by atoms with van der Waals surface area (Å²) < 4.78 is 0. The van der Waals surface area contributed by atoms with E-state index in [2.05, 4.69) is 12.2 Å². The molecule has 0 bridgehead atoms. The lowest BCUT2D eigenvalue weighted by Crippen LogP contribution is -2.14. The van der Waals surface area contributed by atoms with E-state index in [0.717, 1.165) is 11.3 Å². The normalized spacial score (nSPS) is 10.4. The summed E-state index contributed by atoms with van der Waals surface area (Å²) in [5, 5.41) is 3.57. The van der Waals surface area contributed by atoms with Gasteiger partial charge in [-0.15, -0.1) is 11.8 Å². The molecule has 0 spiro atoms. The van der Waals surface area contributed by atoms with Crippen LogP contribution in [0, 0.1) is 0 Å². The molecule has 1 N–H and O–H groups in total. The fraction of sp³-hybridized carbons (Fsp3) is 0.188. The molecule has 0 atom stereocenters. The van der Waals surface area contributed by atoms with Crippen LogP contribution in [0.15, 0.2) is 47.4 Å². The van der Waals surface area contributed by atoms with Gasteiger partial charge in [0.15, 0.2) is 0 Å². The van der Waals surface area contributed by atoms with Crippen LogP contribution in [0.4, 0.5) is 5.69 Å². The van der Waals surface area contributed by atoms with Gasteiger partial charge in [-0.1, -0.05) is 48.3 Å². The van der Waals surface area contributed by atoms with Crippen LogP contribution in [0.2, 0.25) is 10.0 Å². The molecule has 0 aromatic heterocycles. The van der Waals surface area contributed by atoms with E-state index in [4.69, 9.17) is 23.2 Å². The highest BCUT2D eigenvalue weighted by atomic mass is 35.5. The van der Waals surface area contributed by atoms with Crippen LogP contribution in [0.1, 0.15) is 12.5 Å². The molecule has 5 heteroatoms. The maximum Gasteiger partial charge on any atom is 0.228 e. The summed E-state index contributed by atoms with van der Waals surface area (Å²) in [5.74, 6) is 0.919. The van der Waals surface area contributed by atoms with E-state index in [1.165, 1.54) is 4.90 Å². The van der Waals surface area contributed by atoms with Gasteiger partial charge in [0.05, 0.1) is 22.2 Å². The van der Waals surface area contributed by atoms with Gasteiger partial charge in [0, 0.05) is 4.90 Å². The average molecular weight is 340 g/mol. The lowest BCUT2D eigenvalue weighted by Gasteiger charge is -2.08. The molecule has 0 fully saturated rings. The number of rotatable bonds is 5. The van der Waals surface area contributed by atoms with E-state index in [9.17, 15) is 4.79 Å². The zero-order valence-electron chi connectivity index (χ0n) is 11.5. The minimum Gasteiger partial charge on any atom is -0.324 e. The van der Waals surface area contributed by atoms with E-state index in [0.29, 0.717) is 22.2 Å². The molecule has 2 nitrogen and oxygen atoms in total. The smallest absolute Gasteiger partial charge is 0.228 e. The number of hydrogen-bond acceptors (Lipinski definition) is 2. The molecule has 0 heterocycles. The summed E-state index contributed by atoms with van der Waals surface area (Å²) in [5.41, 5.74) is 1.50. The third kappa shape index (κ3) is 4.67. The van der Waals surface area contributed by atoms with E-state index in [1.54, 1.807) is 30.0 Å². The second kappa shape index (κ2) is 7.74. The molecule has 110 valence electrons. The van der Waals surface area contributed by atoms with Gasteiger partial charge in [-0.05, 0) is 35.6 Å². The molecule has 1 amide bonds. The molecular formula is C16H15Cl2NOS. The predicted molar refractivity (Wildman–Crippen MR) is 91.6 cm³/mol. The monoisotopic (exact) mass is 339 g/mol. The fourth-order valence-electron chi connectivity index (χ4n) is 1.85. The zero-order valence-corrected chi connectivity index (χ0v) is 13.9. The zero-order chi connectivity index (χ0) is 15.2. The first-order valence-electron chi connectivity index (χ1n) is 6.55. The van der Waals surface area contributed by atoms with Crippen LogP contribution in [-0.2, 0) is 11.2 Å². The molecule has 0 saturated carbocycles. The van der Waals surface area contributed by atoms with Crippen molar-refractivity contribution in [2.45, 2.75) is 18.2 Å². The minimum absolute atomic E-state index is 0.116. The maximum atomic E-state index is 12.0. The Morgan fingerprint density at radius 2 is 1.86 bits per heavy atom. The van der Waals surface area contributed by atoms with Gasteiger partial charge >= 0.3 is 0 Å². The highest BCUT2D eigenvalue weighted by molar-refractivity contribution is 7.99. The van der Waals surface area contributed by atoms with Gasteiger partial charge in [0.2, 0.25) is 5.91 Å². The number of amides is 1. The van der Waals surface area contributed by atoms with Crippen molar-refractivity contribution in [3.8, 4) is 0 Å². The minimum atomic E-state index is -0.116. The fourth-order valence-corrected chi connectivity index (χ4v) is 2.86. The van der Waals surface area contributed by atoms with Crippen molar-refractivity contribution < 1.29 is 4.79 Å². The van der Waals surface area contributed by atoms with Crippen LogP contribution in [0.25, 0.3) is 0 Å². The van der Waals surface area contributed by atoms with Gasteiger partial charge in [0.1, 0.15) is 0 Å². The number of carbonyl (C=O) groups is 1. The first kappa shape index (κ1) is 16.2. The number of anilines is 1. The number of nitrogens with one attached hydrogen (secondary N) is 1. The molecule has 0 unspecified atom stereocenters. The SMILES string of the molecule is CCSc1ccc(CC(=O)Nc2cccc(Cl)c2Cl)cc1. The molecule has 21 heavy (non-hydrogen) atoms. The second-order valence-electron chi connectivity index (χ2n) is 4.40. The van der Waals surface area contributed by atoms with Crippen LogP contribution < -0.4 is 5.32 Å². The van der Waals surface area contributed by atoms with Crippen molar-refractivity contribution in [3.63, 3.8) is 0 Å². The van der Waals surface area contributed by atoms with Crippen molar-refractivity contribution in [2.75, 3.05) is 11.1 Å². The Morgan fingerprint density at radius 1 is 1.14 bits per heavy atom. The highest BCUT2D eigenvalue weighted by Crippen LogP contribution is 2.29. The molecule has 0 aliphatic rings. The molecule has 0 radical (unpaired) electrons. The summed E-state index contributed by atoms with van der Waals surface area (Å²) in [6.07, 6.45) is 0.305. The van der Waals surface area contributed by atoms with Gasteiger partial charge in [0.25, 0.3) is 0 Å². The van der Waals surface area contributed by atoms with E-state index < -0.39 is 0 Å². The topological polar surface area (TPSA) is 29.1 Å². The number of hydrogen-bond donors (Lipinski definition) is 1. The van der Waals surface area contributed by atoms with Crippen molar-refractivity contribution in [1.82, 2.24) is 0 Å². The molecule has 0 aliphatic heterocycles. The number of halogens is 2.